The second-order valence-corrected chi connectivity index (χ2v) is 8.91. The summed E-state index contributed by atoms with van der Waals surface area (Å²) < 4.78 is 20.3. The van der Waals surface area contributed by atoms with E-state index in [4.69, 9.17) is 9.84 Å². The van der Waals surface area contributed by atoms with Gasteiger partial charge in [0.05, 0.1) is 0 Å². The molecule has 1 heterocycles. The monoisotopic (exact) mass is 484 g/mol. The molecule has 4 aromatic rings. The number of carboxylic acid groups (broad SMARTS) is 1. The number of rotatable bonds is 9. The lowest BCUT2D eigenvalue weighted by molar-refractivity contribution is -0.136. The Bertz CT molecular complexity index is 1380. The second-order valence-electron chi connectivity index (χ2n) is 8.91. The fourth-order valence-corrected chi connectivity index (χ4v) is 4.28. The minimum atomic E-state index is -0.938. The quantitative estimate of drug-likeness (QED) is 0.262. The van der Waals surface area contributed by atoms with E-state index in [1.165, 1.54) is 6.07 Å². The molecule has 2 N–H and O–H groups in total. The van der Waals surface area contributed by atoms with Crippen molar-refractivity contribution < 1.29 is 19.0 Å². The van der Waals surface area contributed by atoms with Crippen molar-refractivity contribution in [2.75, 3.05) is 5.32 Å². The van der Waals surface area contributed by atoms with Crippen LogP contribution in [-0.2, 0) is 17.8 Å². The van der Waals surface area contributed by atoms with Crippen LogP contribution >= 0.6 is 0 Å². The third-order valence-electron chi connectivity index (χ3n) is 5.96. The molecule has 36 heavy (non-hydrogen) atoms. The van der Waals surface area contributed by atoms with Gasteiger partial charge in [-0.25, -0.2) is 9.37 Å². The molecule has 4 rings (SSSR count). The van der Waals surface area contributed by atoms with E-state index in [0.717, 1.165) is 39.3 Å². The Morgan fingerprint density at radius 3 is 2.42 bits per heavy atom. The number of anilines is 1. The molecule has 0 saturated carbocycles. The molecule has 0 amide bonds. The van der Waals surface area contributed by atoms with Gasteiger partial charge >= 0.3 is 5.97 Å². The van der Waals surface area contributed by atoms with Crippen molar-refractivity contribution in [1.82, 2.24) is 4.98 Å². The standard InChI is InChI=1S/C30H29FN2O3/c1-19-14-26(36-28-9-4-6-21(3)33-28)15-20(2)30(19)24-8-5-7-22(16-24)18-32-25-12-10-23(27(31)17-25)11-13-29(34)35/h4-10,12,14-17,32H,11,13,18H2,1-3H3,(H,34,35). The summed E-state index contributed by atoms with van der Waals surface area (Å²) >= 11 is 0. The number of benzene rings is 3. The third kappa shape index (κ3) is 6.27. The Balaban J connectivity index is 1.48. The molecule has 5 nitrogen and oxygen atoms in total. The summed E-state index contributed by atoms with van der Waals surface area (Å²) in [6, 6.07) is 22.8. The lowest BCUT2D eigenvalue weighted by atomic mass is 9.94. The van der Waals surface area contributed by atoms with Gasteiger partial charge in [0.15, 0.2) is 0 Å². The Morgan fingerprint density at radius 2 is 1.72 bits per heavy atom. The van der Waals surface area contributed by atoms with Crippen molar-refractivity contribution in [2.45, 2.75) is 40.2 Å². The molecule has 0 aliphatic carbocycles. The predicted octanol–water partition coefficient (Wildman–Crippen LogP) is 7.23. The molecule has 0 radical (unpaired) electrons. The fraction of sp³-hybridized carbons (Fsp3) is 0.200. The van der Waals surface area contributed by atoms with Crippen LogP contribution in [-0.4, -0.2) is 16.1 Å². The number of carbonyl (C=O) groups is 1. The molecule has 0 bridgehead atoms. The van der Waals surface area contributed by atoms with Crippen molar-refractivity contribution >= 4 is 11.7 Å². The molecule has 0 aliphatic rings. The first-order chi connectivity index (χ1) is 17.3. The van der Waals surface area contributed by atoms with Crippen LogP contribution in [0.1, 0.15) is 34.4 Å². The number of pyridine rings is 1. The van der Waals surface area contributed by atoms with E-state index in [0.29, 0.717) is 23.7 Å². The number of aromatic nitrogens is 1. The Kier molecular flexibility index (Phi) is 7.64. The first kappa shape index (κ1) is 24.9. The van der Waals surface area contributed by atoms with Gasteiger partial charge in [-0.1, -0.05) is 30.3 Å². The Hall–Kier alpha value is -4.19. The summed E-state index contributed by atoms with van der Waals surface area (Å²) in [5.74, 6) is -0.0173. The van der Waals surface area contributed by atoms with Crippen LogP contribution in [0.5, 0.6) is 11.6 Å². The smallest absolute Gasteiger partial charge is 0.303 e. The number of halogens is 1. The highest BCUT2D eigenvalue weighted by Crippen LogP contribution is 2.33. The SMILES string of the molecule is Cc1cccc(Oc2cc(C)c(-c3cccc(CNc4ccc(CCC(=O)O)c(F)c4)c3)c(C)c2)n1. The third-order valence-corrected chi connectivity index (χ3v) is 5.96. The molecule has 0 atom stereocenters. The highest BCUT2D eigenvalue weighted by Gasteiger charge is 2.11. The normalized spacial score (nSPS) is 10.8. The minimum Gasteiger partial charge on any atom is -0.481 e. The highest BCUT2D eigenvalue weighted by atomic mass is 19.1. The summed E-state index contributed by atoms with van der Waals surface area (Å²) in [6.45, 7) is 6.60. The number of carboxylic acids is 1. The van der Waals surface area contributed by atoms with Crippen molar-refractivity contribution in [2.24, 2.45) is 0 Å². The van der Waals surface area contributed by atoms with Crippen LogP contribution < -0.4 is 10.1 Å². The van der Waals surface area contributed by atoms with Gasteiger partial charge in [0.2, 0.25) is 5.88 Å². The van der Waals surface area contributed by atoms with Crippen molar-refractivity contribution in [3.8, 4) is 22.8 Å². The lowest BCUT2D eigenvalue weighted by Crippen LogP contribution is -2.03. The number of hydrogen-bond donors (Lipinski definition) is 2. The van der Waals surface area contributed by atoms with Crippen LogP contribution in [0.25, 0.3) is 11.1 Å². The van der Waals surface area contributed by atoms with Gasteiger partial charge in [0, 0.05) is 30.4 Å². The van der Waals surface area contributed by atoms with Crippen LogP contribution in [0.15, 0.2) is 72.8 Å². The minimum absolute atomic E-state index is 0.0920. The maximum atomic E-state index is 14.3. The van der Waals surface area contributed by atoms with Crippen molar-refractivity contribution in [3.05, 3.63) is 107 Å². The van der Waals surface area contributed by atoms with Gasteiger partial charge in [-0.3, -0.25) is 4.79 Å². The number of nitrogens with one attached hydrogen (secondary N) is 1. The van der Waals surface area contributed by atoms with E-state index in [1.54, 1.807) is 12.1 Å². The molecule has 6 heteroatoms. The summed E-state index contributed by atoms with van der Waals surface area (Å²) in [4.78, 5) is 15.2. The summed E-state index contributed by atoms with van der Waals surface area (Å²) in [5.41, 5.74) is 7.46. The molecule has 1 aromatic heterocycles. The molecule has 0 spiro atoms. The molecular formula is C30H29FN2O3. The van der Waals surface area contributed by atoms with Gasteiger partial charge in [-0.05, 0) is 97.0 Å². The van der Waals surface area contributed by atoms with Crippen LogP contribution in [0.2, 0.25) is 0 Å². The van der Waals surface area contributed by atoms with E-state index in [1.807, 2.05) is 49.4 Å². The molecule has 0 fully saturated rings. The Morgan fingerprint density at radius 1 is 0.972 bits per heavy atom. The maximum Gasteiger partial charge on any atom is 0.303 e. The molecule has 184 valence electrons. The van der Waals surface area contributed by atoms with E-state index in [2.05, 4.69) is 36.3 Å². The van der Waals surface area contributed by atoms with Gasteiger partial charge < -0.3 is 15.2 Å². The molecule has 3 aromatic carbocycles. The summed E-state index contributed by atoms with van der Waals surface area (Å²) in [5, 5.41) is 12.1. The van der Waals surface area contributed by atoms with Gasteiger partial charge in [0.1, 0.15) is 11.6 Å². The Labute approximate surface area is 210 Å². The molecule has 0 unspecified atom stereocenters. The fourth-order valence-electron chi connectivity index (χ4n) is 4.28. The predicted molar refractivity (Wildman–Crippen MR) is 140 cm³/mol. The lowest BCUT2D eigenvalue weighted by Gasteiger charge is -2.15. The molecule has 0 saturated heterocycles. The first-order valence-corrected chi connectivity index (χ1v) is 11.8. The average molecular weight is 485 g/mol. The van der Waals surface area contributed by atoms with Crippen molar-refractivity contribution in [1.29, 1.82) is 0 Å². The highest BCUT2D eigenvalue weighted by molar-refractivity contribution is 5.72. The van der Waals surface area contributed by atoms with E-state index < -0.39 is 11.8 Å². The number of aliphatic carboxylic acids is 1. The zero-order valence-electron chi connectivity index (χ0n) is 20.6. The van der Waals surface area contributed by atoms with Crippen LogP contribution in [0.3, 0.4) is 0 Å². The number of ether oxygens (including phenoxy) is 1. The number of hydrogen-bond acceptors (Lipinski definition) is 4. The van der Waals surface area contributed by atoms with Crippen LogP contribution in [0.4, 0.5) is 10.1 Å². The van der Waals surface area contributed by atoms with Crippen LogP contribution in [0, 0.1) is 26.6 Å². The average Bonchev–Trinajstić information content (AvgIpc) is 2.82. The second kappa shape index (κ2) is 11.0. The molecule has 0 aliphatic heterocycles. The topological polar surface area (TPSA) is 71.5 Å². The van der Waals surface area contributed by atoms with Gasteiger partial charge in [-0.2, -0.15) is 0 Å². The first-order valence-electron chi connectivity index (χ1n) is 11.8. The largest absolute Gasteiger partial charge is 0.481 e. The number of nitrogens with zero attached hydrogens (tertiary/aromatic N) is 1. The number of aryl methyl sites for hydroxylation is 4. The van der Waals surface area contributed by atoms with E-state index in [9.17, 15) is 9.18 Å². The van der Waals surface area contributed by atoms with E-state index in [-0.39, 0.29) is 12.8 Å². The zero-order valence-corrected chi connectivity index (χ0v) is 20.6. The van der Waals surface area contributed by atoms with E-state index >= 15 is 0 Å². The summed E-state index contributed by atoms with van der Waals surface area (Å²) in [7, 11) is 0. The van der Waals surface area contributed by atoms with Crippen molar-refractivity contribution in [3.63, 3.8) is 0 Å². The summed E-state index contributed by atoms with van der Waals surface area (Å²) in [6.07, 6.45) is 0.0821. The molecular weight excluding hydrogens is 455 g/mol. The van der Waals surface area contributed by atoms with Gasteiger partial charge in [-0.15, -0.1) is 0 Å². The zero-order chi connectivity index (χ0) is 25.7. The van der Waals surface area contributed by atoms with Gasteiger partial charge in [0.25, 0.3) is 0 Å². The maximum absolute atomic E-state index is 14.3.